The summed E-state index contributed by atoms with van der Waals surface area (Å²) in [5.41, 5.74) is 8.15. The van der Waals surface area contributed by atoms with E-state index in [1.807, 2.05) is 12.1 Å². The van der Waals surface area contributed by atoms with Crippen LogP contribution in [-0.4, -0.2) is 13.2 Å². The van der Waals surface area contributed by atoms with Crippen LogP contribution in [0.25, 0.3) is 0 Å². The van der Waals surface area contributed by atoms with Gasteiger partial charge in [-0.15, -0.1) is 0 Å². The third kappa shape index (κ3) is 2.69. The molecule has 0 amide bonds. The average Bonchev–Trinajstić information content (AvgIpc) is 2.26. The molecule has 0 heterocycles. The molecule has 1 aliphatic carbocycles. The molecule has 1 aromatic carbocycles. The van der Waals surface area contributed by atoms with E-state index >= 15 is 0 Å². The van der Waals surface area contributed by atoms with E-state index in [0.29, 0.717) is 11.5 Å². The SMILES string of the molecule is COc1ccc(C2(C)CC(N)CC(C)(C)C2)cc1. The van der Waals surface area contributed by atoms with Crippen LogP contribution in [0.4, 0.5) is 0 Å². The highest BCUT2D eigenvalue weighted by atomic mass is 16.5. The molecule has 1 saturated carbocycles. The summed E-state index contributed by atoms with van der Waals surface area (Å²) in [5.74, 6) is 0.918. The van der Waals surface area contributed by atoms with Crippen LogP contribution in [0, 0.1) is 5.41 Å². The van der Waals surface area contributed by atoms with Gasteiger partial charge in [-0.2, -0.15) is 0 Å². The zero-order chi connectivity index (χ0) is 13.4. The summed E-state index contributed by atoms with van der Waals surface area (Å²) in [7, 11) is 1.70. The van der Waals surface area contributed by atoms with E-state index in [1.54, 1.807) is 7.11 Å². The first-order chi connectivity index (χ1) is 8.35. The lowest BCUT2D eigenvalue weighted by atomic mass is 9.60. The van der Waals surface area contributed by atoms with E-state index in [9.17, 15) is 0 Å². The zero-order valence-electron chi connectivity index (χ0n) is 12.0. The Hall–Kier alpha value is -1.02. The summed E-state index contributed by atoms with van der Waals surface area (Å²) in [6, 6.07) is 8.78. The van der Waals surface area contributed by atoms with Crippen LogP contribution >= 0.6 is 0 Å². The molecule has 18 heavy (non-hydrogen) atoms. The Balaban J connectivity index is 2.28. The highest BCUT2D eigenvalue weighted by Gasteiger charge is 2.40. The molecule has 0 aromatic heterocycles. The fourth-order valence-electron chi connectivity index (χ4n) is 3.77. The molecular formula is C16H25NO. The standard InChI is InChI=1S/C16H25NO/c1-15(2)9-13(17)10-16(3,11-15)12-5-7-14(18-4)8-6-12/h5-8,13H,9-11,17H2,1-4H3. The van der Waals surface area contributed by atoms with Crippen LogP contribution in [0.2, 0.25) is 0 Å². The lowest BCUT2D eigenvalue weighted by molar-refractivity contribution is 0.140. The Kier molecular flexibility index (Phi) is 3.41. The van der Waals surface area contributed by atoms with Crippen molar-refractivity contribution in [2.75, 3.05) is 7.11 Å². The van der Waals surface area contributed by atoms with Crippen molar-refractivity contribution in [2.24, 2.45) is 11.1 Å². The predicted octanol–water partition coefficient (Wildman–Crippen LogP) is 3.49. The molecule has 0 bridgehead atoms. The van der Waals surface area contributed by atoms with Crippen molar-refractivity contribution in [2.45, 2.75) is 51.5 Å². The van der Waals surface area contributed by atoms with E-state index in [-0.39, 0.29) is 5.41 Å². The minimum Gasteiger partial charge on any atom is -0.497 e. The number of nitrogens with two attached hydrogens (primary N) is 1. The van der Waals surface area contributed by atoms with Gasteiger partial charge in [0.05, 0.1) is 7.11 Å². The minimum atomic E-state index is 0.188. The molecule has 1 aromatic rings. The summed E-state index contributed by atoms with van der Waals surface area (Å²) in [6.07, 6.45) is 3.39. The van der Waals surface area contributed by atoms with Crippen LogP contribution in [0.15, 0.2) is 24.3 Å². The van der Waals surface area contributed by atoms with Gasteiger partial charge in [-0.05, 0) is 47.8 Å². The fourth-order valence-corrected chi connectivity index (χ4v) is 3.77. The Morgan fingerprint density at radius 3 is 2.22 bits per heavy atom. The van der Waals surface area contributed by atoms with Crippen LogP contribution in [-0.2, 0) is 5.41 Å². The van der Waals surface area contributed by atoms with Crippen LogP contribution in [0.5, 0.6) is 5.75 Å². The van der Waals surface area contributed by atoms with Crippen molar-refractivity contribution in [1.29, 1.82) is 0 Å². The monoisotopic (exact) mass is 247 g/mol. The Labute approximate surface area is 111 Å². The van der Waals surface area contributed by atoms with Crippen LogP contribution < -0.4 is 10.5 Å². The second-order valence-electron chi connectivity index (χ2n) is 6.80. The fraction of sp³-hybridized carbons (Fsp3) is 0.625. The van der Waals surface area contributed by atoms with Crippen molar-refractivity contribution in [3.63, 3.8) is 0 Å². The van der Waals surface area contributed by atoms with E-state index in [2.05, 4.69) is 32.9 Å². The molecule has 0 saturated heterocycles. The molecule has 2 atom stereocenters. The minimum absolute atomic E-state index is 0.188. The van der Waals surface area contributed by atoms with Gasteiger partial charge in [0.2, 0.25) is 0 Å². The number of ether oxygens (including phenoxy) is 1. The molecular weight excluding hydrogens is 222 g/mol. The number of hydrogen-bond acceptors (Lipinski definition) is 2. The van der Waals surface area contributed by atoms with Gasteiger partial charge in [0, 0.05) is 6.04 Å². The third-order valence-electron chi connectivity index (χ3n) is 4.18. The molecule has 2 heteroatoms. The molecule has 100 valence electrons. The first-order valence-corrected chi connectivity index (χ1v) is 6.75. The number of rotatable bonds is 2. The van der Waals surface area contributed by atoms with Gasteiger partial charge in [0.25, 0.3) is 0 Å². The molecule has 1 aliphatic rings. The second-order valence-corrected chi connectivity index (χ2v) is 6.80. The summed E-state index contributed by atoms with van der Waals surface area (Å²) in [5, 5.41) is 0. The van der Waals surface area contributed by atoms with Gasteiger partial charge in [0.15, 0.2) is 0 Å². The van der Waals surface area contributed by atoms with Crippen molar-refractivity contribution in [3.8, 4) is 5.75 Å². The maximum absolute atomic E-state index is 6.25. The number of methoxy groups -OCH3 is 1. The third-order valence-corrected chi connectivity index (χ3v) is 4.18. The normalized spacial score (nSPS) is 31.1. The van der Waals surface area contributed by atoms with Crippen LogP contribution in [0.1, 0.15) is 45.6 Å². The highest BCUT2D eigenvalue weighted by molar-refractivity contribution is 5.33. The zero-order valence-corrected chi connectivity index (χ0v) is 12.0. The lowest BCUT2D eigenvalue weighted by Gasteiger charge is -2.46. The van der Waals surface area contributed by atoms with Crippen molar-refractivity contribution >= 4 is 0 Å². The molecule has 0 radical (unpaired) electrons. The first-order valence-electron chi connectivity index (χ1n) is 6.75. The quantitative estimate of drug-likeness (QED) is 0.868. The Bertz CT molecular complexity index is 410. The maximum Gasteiger partial charge on any atom is 0.118 e. The topological polar surface area (TPSA) is 35.2 Å². The summed E-state index contributed by atoms with van der Waals surface area (Å²) in [6.45, 7) is 7.00. The summed E-state index contributed by atoms with van der Waals surface area (Å²) >= 11 is 0. The van der Waals surface area contributed by atoms with E-state index in [0.717, 1.165) is 18.6 Å². The van der Waals surface area contributed by atoms with E-state index in [1.165, 1.54) is 12.0 Å². The van der Waals surface area contributed by atoms with E-state index in [4.69, 9.17) is 10.5 Å². The smallest absolute Gasteiger partial charge is 0.118 e. The number of hydrogen-bond donors (Lipinski definition) is 1. The molecule has 2 unspecified atom stereocenters. The molecule has 0 spiro atoms. The van der Waals surface area contributed by atoms with Gasteiger partial charge in [0.1, 0.15) is 5.75 Å². The van der Waals surface area contributed by atoms with Gasteiger partial charge >= 0.3 is 0 Å². The molecule has 1 fully saturated rings. The Morgan fingerprint density at radius 2 is 1.72 bits per heavy atom. The van der Waals surface area contributed by atoms with Crippen molar-refractivity contribution in [3.05, 3.63) is 29.8 Å². The largest absolute Gasteiger partial charge is 0.497 e. The van der Waals surface area contributed by atoms with Crippen molar-refractivity contribution < 1.29 is 4.74 Å². The van der Waals surface area contributed by atoms with E-state index < -0.39 is 0 Å². The highest BCUT2D eigenvalue weighted by Crippen LogP contribution is 2.47. The average molecular weight is 247 g/mol. The second kappa shape index (κ2) is 4.58. The van der Waals surface area contributed by atoms with Crippen LogP contribution in [0.3, 0.4) is 0 Å². The Morgan fingerprint density at radius 1 is 1.11 bits per heavy atom. The van der Waals surface area contributed by atoms with Gasteiger partial charge < -0.3 is 10.5 Å². The maximum atomic E-state index is 6.25. The molecule has 0 aliphatic heterocycles. The number of benzene rings is 1. The summed E-state index contributed by atoms with van der Waals surface area (Å²) < 4.78 is 5.23. The first kappa shape index (κ1) is 13.4. The van der Waals surface area contributed by atoms with Gasteiger partial charge in [-0.25, -0.2) is 0 Å². The van der Waals surface area contributed by atoms with Crippen molar-refractivity contribution in [1.82, 2.24) is 0 Å². The lowest BCUT2D eigenvalue weighted by Crippen LogP contribution is -2.44. The van der Waals surface area contributed by atoms with Gasteiger partial charge in [-0.1, -0.05) is 32.9 Å². The summed E-state index contributed by atoms with van der Waals surface area (Å²) in [4.78, 5) is 0. The van der Waals surface area contributed by atoms with Gasteiger partial charge in [-0.3, -0.25) is 0 Å². The molecule has 2 nitrogen and oxygen atoms in total. The molecule has 2 N–H and O–H groups in total. The predicted molar refractivity (Wildman–Crippen MR) is 76.0 cm³/mol. The molecule has 2 rings (SSSR count).